The van der Waals surface area contributed by atoms with Crippen LogP contribution >= 0.6 is 0 Å². The van der Waals surface area contributed by atoms with Crippen LogP contribution in [0.15, 0.2) is 23.3 Å². The summed E-state index contributed by atoms with van der Waals surface area (Å²) in [6.07, 6.45) is 3.17. The van der Waals surface area contributed by atoms with Crippen LogP contribution in [0, 0.1) is 0 Å². The van der Waals surface area contributed by atoms with Gasteiger partial charge in [0.25, 0.3) is 0 Å². The summed E-state index contributed by atoms with van der Waals surface area (Å²) < 4.78 is 9.56. The van der Waals surface area contributed by atoms with E-state index in [1.165, 1.54) is 24.3 Å². The predicted molar refractivity (Wildman–Crippen MR) is 96.6 cm³/mol. The number of ether oxygens (including phenoxy) is 2. The molecule has 0 bridgehead atoms. The zero-order valence-corrected chi connectivity index (χ0v) is 14.5. The lowest BCUT2D eigenvalue weighted by Gasteiger charge is -2.09. The molecule has 1 aromatic rings. The summed E-state index contributed by atoms with van der Waals surface area (Å²) in [4.78, 5) is 45.7. The van der Waals surface area contributed by atoms with E-state index in [0.29, 0.717) is 23.7 Å². The summed E-state index contributed by atoms with van der Waals surface area (Å²) in [6, 6.07) is 2.83. The molecule has 8 heteroatoms. The Bertz CT molecular complexity index is 719. The first kappa shape index (κ1) is 20.6. The molecule has 0 aliphatic carbocycles. The summed E-state index contributed by atoms with van der Waals surface area (Å²) >= 11 is 0. The standard InChI is InChI=1S/C18H20N2O6/c1-3-25-17(23)13(9-21)6-11-5-12(16(20)8-15(11)19)7-14(10-22)18(24)26-4-2/h5-10H,3-4,19-20H2,1-2H3. The molecule has 0 unspecified atom stereocenters. The molecule has 0 spiro atoms. The Balaban J connectivity index is 3.40. The summed E-state index contributed by atoms with van der Waals surface area (Å²) in [5, 5.41) is 0. The Kier molecular flexibility index (Phi) is 7.75. The van der Waals surface area contributed by atoms with E-state index in [9.17, 15) is 19.2 Å². The van der Waals surface area contributed by atoms with E-state index in [1.807, 2.05) is 0 Å². The SMILES string of the molecule is CCOC(=O)C(C=O)=Cc1cc(C=C(C=O)C(=O)OCC)c(N)cc1N. The smallest absolute Gasteiger partial charge is 0.341 e. The van der Waals surface area contributed by atoms with Crippen LogP contribution in [-0.2, 0) is 28.7 Å². The van der Waals surface area contributed by atoms with Gasteiger partial charge < -0.3 is 20.9 Å². The van der Waals surface area contributed by atoms with Crippen LogP contribution < -0.4 is 11.5 Å². The molecule has 0 saturated heterocycles. The second kappa shape index (κ2) is 9.77. The van der Waals surface area contributed by atoms with Gasteiger partial charge in [0.1, 0.15) is 11.1 Å². The van der Waals surface area contributed by atoms with Gasteiger partial charge in [0, 0.05) is 11.4 Å². The predicted octanol–water partition coefficient (Wildman–Crippen LogP) is 1.14. The van der Waals surface area contributed by atoms with Gasteiger partial charge in [-0.05, 0) is 49.3 Å². The highest BCUT2D eigenvalue weighted by molar-refractivity contribution is 6.13. The number of nitrogen functional groups attached to an aromatic ring is 2. The molecule has 0 aliphatic heterocycles. The molecule has 0 aliphatic rings. The zero-order valence-electron chi connectivity index (χ0n) is 14.5. The fourth-order valence-electron chi connectivity index (χ4n) is 1.96. The highest BCUT2D eigenvalue weighted by Crippen LogP contribution is 2.25. The Morgan fingerprint density at radius 1 is 0.846 bits per heavy atom. The monoisotopic (exact) mass is 360 g/mol. The maximum absolute atomic E-state index is 11.7. The fraction of sp³-hybridized carbons (Fsp3) is 0.222. The first-order chi connectivity index (χ1) is 12.4. The van der Waals surface area contributed by atoms with E-state index in [1.54, 1.807) is 13.8 Å². The first-order valence-corrected chi connectivity index (χ1v) is 7.74. The molecule has 0 fully saturated rings. The second-order valence-electron chi connectivity index (χ2n) is 4.99. The van der Waals surface area contributed by atoms with Gasteiger partial charge in [-0.3, -0.25) is 9.59 Å². The molecule has 8 nitrogen and oxygen atoms in total. The van der Waals surface area contributed by atoms with Gasteiger partial charge in [-0.15, -0.1) is 0 Å². The van der Waals surface area contributed by atoms with Gasteiger partial charge in [-0.1, -0.05) is 0 Å². The molecule has 0 saturated carbocycles. The number of esters is 2. The first-order valence-electron chi connectivity index (χ1n) is 7.74. The van der Waals surface area contributed by atoms with Crippen LogP contribution in [0.5, 0.6) is 0 Å². The lowest BCUT2D eigenvalue weighted by molar-refractivity contribution is -0.140. The van der Waals surface area contributed by atoms with Gasteiger partial charge in [0.05, 0.1) is 13.2 Å². The quantitative estimate of drug-likeness (QED) is 0.176. The molecule has 0 aromatic heterocycles. The number of anilines is 2. The molecule has 4 N–H and O–H groups in total. The maximum Gasteiger partial charge on any atom is 0.341 e. The molecule has 26 heavy (non-hydrogen) atoms. The van der Waals surface area contributed by atoms with E-state index in [-0.39, 0.29) is 35.7 Å². The van der Waals surface area contributed by atoms with Gasteiger partial charge >= 0.3 is 11.9 Å². The molecule has 1 aromatic carbocycles. The Labute approximate surface area is 150 Å². The summed E-state index contributed by atoms with van der Waals surface area (Å²) in [5.74, 6) is -1.59. The average Bonchev–Trinajstić information content (AvgIpc) is 2.60. The maximum atomic E-state index is 11.7. The van der Waals surface area contributed by atoms with Crippen molar-refractivity contribution in [3.63, 3.8) is 0 Å². The van der Waals surface area contributed by atoms with Crippen molar-refractivity contribution in [3.8, 4) is 0 Å². The van der Waals surface area contributed by atoms with Crippen LogP contribution in [-0.4, -0.2) is 37.7 Å². The number of hydrogen-bond donors (Lipinski definition) is 2. The van der Waals surface area contributed by atoms with Crippen molar-refractivity contribution >= 4 is 48.0 Å². The molecular weight excluding hydrogens is 340 g/mol. The number of rotatable bonds is 8. The summed E-state index contributed by atoms with van der Waals surface area (Å²) in [7, 11) is 0. The normalized spacial score (nSPS) is 11.6. The lowest BCUT2D eigenvalue weighted by Crippen LogP contribution is -2.09. The minimum atomic E-state index is -0.795. The zero-order chi connectivity index (χ0) is 19.7. The molecule has 0 heterocycles. The van der Waals surface area contributed by atoms with Crippen molar-refractivity contribution < 1.29 is 28.7 Å². The molecule has 1 rings (SSSR count). The Morgan fingerprint density at radius 2 is 1.23 bits per heavy atom. The Hall–Kier alpha value is -3.42. The van der Waals surface area contributed by atoms with E-state index in [4.69, 9.17) is 20.9 Å². The van der Waals surface area contributed by atoms with Crippen molar-refractivity contribution in [2.75, 3.05) is 24.7 Å². The van der Waals surface area contributed by atoms with E-state index >= 15 is 0 Å². The highest BCUT2D eigenvalue weighted by Gasteiger charge is 2.14. The number of nitrogens with two attached hydrogens (primary N) is 2. The van der Waals surface area contributed by atoms with Crippen LogP contribution in [0.3, 0.4) is 0 Å². The number of hydrogen-bond acceptors (Lipinski definition) is 8. The lowest BCUT2D eigenvalue weighted by atomic mass is 10.0. The van der Waals surface area contributed by atoms with Gasteiger partial charge in [-0.2, -0.15) is 0 Å². The van der Waals surface area contributed by atoms with E-state index in [0.717, 1.165) is 0 Å². The minimum Gasteiger partial charge on any atom is -0.462 e. The highest BCUT2D eigenvalue weighted by atomic mass is 16.5. The van der Waals surface area contributed by atoms with Crippen LogP contribution in [0.2, 0.25) is 0 Å². The van der Waals surface area contributed by atoms with Gasteiger partial charge in [-0.25, -0.2) is 9.59 Å². The molecule has 0 amide bonds. The van der Waals surface area contributed by atoms with E-state index in [2.05, 4.69) is 0 Å². The minimum absolute atomic E-state index is 0.109. The van der Waals surface area contributed by atoms with Crippen molar-refractivity contribution in [1.82, 2.24) is 0 Å². The number of aldehydes is 2. The number of benzene rings is 1. The summed E-state index contributed by atoms with van der Waals surface area (Å²) in [6.45, 7) is 3.43. The third-order valence-electron chi connectivity index (χ3n) is 3.19. The molecule has 0 atom stereocenters. The second-order valence-corrected chi connectivity index (χ2v) is 4.99. The molecular formula is C18H20N2O6. The van der Waals surface area contributed by atoms with Crippen molar-refractivity contribution in [1.29, 1.82) is 0 Å². The van der Waals surface area contributed by atoms with Crippen LogP contribution in [0.1, 0.15) is 25.0 Å². The molecule has 0 radical (unpaired) electrons. The largest absolute Gasteiger partial charge is 0.462 e. The summed E-state index contributed by atoms with van der Waals surface area (Å²) in [5.41, 5.74) is 12.3. The van der Waals surface area contributed by atoms with Gasteiger partial charge in [0.2, 0.25) is 0 Å². The Morgan fingerprint density at radius 3 is 1.54 bits per heavy atom. The third-order valence-corrected chi connectivity index (χ3v) is 3.19. The fourth-order valence-corrected chi connectivity index (χ4v) is 1.96. The van der Waals surface area contributed by atoms with Crippen molar-refractivity contribution in [2.45, 2.75) is 13.8 Å². The van der Waals surface area contributed by atoms with E-state index < -0.39 is 11.9 Å². The van der Waals surface area contributed by atoms with Crippen molar-refractivity contribution in [2.24, 2.45) is 0 Å². The van der Waals surface area contributed by atoms with Gasteiger partial charge in [0.15, 0.2) is 12.6 Å². The average molecular weight is 360 g/mol. The van der Waals surface area contributed by atoms with Crippen LogP contribution in [0.25, 0.3) is 12.2 Å². The van der Waals surface area contributed by atoms with Crippen LogP contribution in [0.4, 0.5) is 11.4 Å². The topological polar surface area (TPSA) is 139 Å². The molecule has 138 valence electrons. The number of carbonyl (C=O) groups excluding carboxylic acids is 4. The third kappa shape index (κ3) is 5.30. The number of carbonyl (C=O) groups is 4. The van der Waals surface area contributed by atoms with Crippen molar-refractivity contribution in [3.05, 3.63) is 34.4 Å².